The molecule has 0 fully saturated rings. The molecule has 5 heteroatoms. The fraction of sp³-hybridized carbons (Fsp3) is 0.600. The number of phenolic OH excluding ortho intramolecular Hbond substituents is 1. The van der Waals surface area contributed by atoms with Gasteiger partial charge in [0.05, 0.1) is 0 Å². The minimum absolute atomic E-state index is 0. The third kappa shape index (κ3) is 6.53. The molecule has 0 aliphatic carbocycles. The zero-order chi connectivity index (χ0) is 14.6. The average Bonchev–Trinajstić information content (AvgIpc) is 2.23. The van der Waals surface area contributed by atoms with Crippen molar-refractivity contribution >= 4 is 35.6 Å². The summed E-state index contributed by atoms with van der Waals surface area (Å²) in [4.78, 5) is 2.18. The lowest BCUT2D eigenvalue weighted by Crippen LogP contribution is -2.33. The number of nitrogens with zero attached hydrogens (tertiary/aromatic N) is 1. The summed E-state index contributed by atoms with van der Waals surface area (Å²) >= 11 is 12.2. The van der Waals surface area contributed by atoms with Gasteiger partial charge in [-0.1, -0.05) is 17.7 Å². The molecule has 0 saturated heterocycles. The van der Waals surface area contributed by atoms with Crippen LogP contribution >= 0.6 is 35.6 Å². The molecule has 0 aliphatic heterocycles. The van der Waals surface area contributed by atoms with Crippen molar-refractivity contribution in [3.05, 3.63) is 28.8 Å². The maximum absolute atomic E-state index is 10.1. The Balaban J connectivity index is 0.00000361. The van der Waals surface area contributed by atoms with Gasteiger partial charge in [-0.15, -0.1) is 35.6 Å². The number of benzene rings is 1. The van der Waals surface area contributed by atoms with Gasteiger partial charge >= 0.3 is 0 Å². The maximum atomic E-state index is 10.1. The van der Waals surface area contributed by atoms with E-state index in [1.807, 2.05) is 39.8 Å². The molecule has 0 heterocycles. The Morgan fingerprint density at radius 2 is 1.60 bits per heavy atom. The maximum Gasteiger partial charge on any atom is 0.122 e. The largest absolute Gasteiger partial charge is 0.507 e. The third-order valence-electron chi connectivity index (χ3n) is 2.94. The first-order valence-corrected chi connectivity index (χ1v) is 7.46. The standard InChI is InChI=1S/C15H23Cl2NO.ClH/c1-10-5-11(2)15(19)14(6-10)9-18(7-12(3)16)8-13(4)17;/h5-6,12-13,19H,7-9H2,1-4H3;1H. The molecular formula is C15H24Cl3NO. The van der Waals surface area contributed by atoms with Crippen LogP contribution in [0.3, 0.4) is 0 Å². The van der Waals surface area contributed by atoms with Crippen molar-refractivity contribution in [1.82, 2.24) is 4.90 Å². The summed E-state index contributed by atoms with van der Waals surface area (Å²) in [7, 11) is 0. The number of hydrogen-bond donors (Lipinski definition) is 1. The molecule has 0 spiro atoms. The highest BCUT2D eigenvalue weighted by Gasteiger charge is 2.15. The first-order valence-electron chi connectivity index (χ1n) is 6.59. The summed E-state index contributed by atoms with van der Waals surface area (Å²) < 4.78 is 0. The van der Waals surface area contributed by atoms with Crippen LogP contribution in [0.15, 0.2) is 12.1 Å². The van der Waals surface area contributed by atoms with Crippen molar-refractivity contribution in [3.8, 4) is 5.75 Å². The molecule has 0 bridgehead atoms. The predicted molar refractivity (Wildman–Crippen MR) is 90.7 cm³/mol. The Hall–Kier alpha value is -0.150. The van der Waals surface area contributed by atoms with Crippen LogP contribution in [0.1, 0.15) is 30.5 Å². The first kappa shape index (κ1) is 19.9. The van der Waals surface area contributed by atoms with Crippen LogP contribution in [0, 0.1) is 13.8 Å². The van der Waals surface area contributed by atoms with Gasteiger partial charge in [0.2, 0.25) is 0 Å². The lowest BCUT2D eigenvalue weighted by atomic mass is 10.0. The van der Waals surface area contributed by atoms with Crippen molar-refractivity contribution in [3.63, 3.8) is 0 Å². The normalized spacial score (nSPS) is 13.9. The lowest BCUT2D eigenvalue weighted by molar-refractivity contribution is 0.266. The van der Waals surface area contributed by atoms with Gasteiger partial charge in [0.1, 0.15) is 5.75 Å². The summed E-state index contributed by atoms with van der Waals surface area (Å²) in [6, 6.07) is 4.00. The predicted octanol–water partition coefficient (Wildman–Crippen LogP) is 4.49. The number of alkyl halides is 2. The van der Waals surface area contributed by atoms with E-state index in [1.165, 1.54) is 0 Å². The van der Waals surface area contributed by atoms with Crippen LogP contribution in [-0.2, 0) is 6.54 Å². The monoisotopic (exact) mass is 339 g/mol. The molecule has 2 atom stereocenters. The zero-order valence-corrected chi connectivity index (χ0v) is 14.8. The van der Waals surface area contributed by atoms with Crippen LogP contribution in [0.4, 0.5) is 0 Å². The molecule has 1 aromatic rings. The summed E-state index contributed by atoms with van der Waals surface area (Å²) in [5, 5.41) is 10.3. The molecule has 116 valence electrons. The Morgan fingerprint density at radius 3 is 2.05 bits per heavy atom. The van der Waals surface area contributed by atoms with E-state index in [1.54, 1.807) is 0 Å². The van der Waals surface area contributed by atoms with E-state index in [-0.39, 0.29) is 23.2 Å². The van der Waals surface area contributed by atoms with Gasteiger partial charge in [0, 0.05) is 36.0 Å². The second-order valence-corrected chi connectivity index (χ2v) is 6.84. The number of phenols is 1. The number of aromatic hydroxyl groups is 1. The minimum Gasteiger partial charge on any atom is -0.507 e. The Morgan fingerprint density at radius 1 is 1.10 bits per heavy atom. The summed E-state index contributed by atoms with van der Waals surface area (Å²) in [6.45, 7) is 10.1. The molecule has 2 unspecified atom stereocenters. The van der Waals surface area contributed by atoms with Gasteiger partial charge in [-0.3, -0.25) is 4.90 Å². The smallest absolute Gasteiger partial charge is 0.122 e. The van der Waals surface area contributed by atoms with E-state index >= 15 is 0 Å². The van der Waals surface area contributed by atoms with E-state index in [0.29, 0.717) is 12.3 Å². The Bertz CT molecular complexity index is 412. The van der Waals surface area contributed by atoms with Gasteiger partial charge < -0.3 is 5.11 Å². The fourth-order valence-electron chi connectivity index (χ4n) is 2.32. The van der Waals surface area contributed by atoms with Crippen molar-refractivity contribution in [2.75, 3.05) is 13.1 Å². The van der Waals surface area contributed by atoms with Crippen molar-refractivity contribution in [2.45, 2.75) is 45.0 Å². The molecule has 0 saturated carbocycles. The molecule has 2 nitrogen and oxygen atoms in total. The second-order valence-electron chi connectivity index (χ2n) is 5.35. The number of rotatable bonds is 6. The molecule has 20 heavy (non-hydrogen) atoms. The fourth-order valence-corrected chi connectivity index (χ4v) is 2.71. The van der Waals surface area contributed by atoms with Crippen LogP contribution < -0.4 is 0 Å². The van der Waals surface area contributed by atoms with E-state index in [9.17, 15) is 5.11 Å². The van der Waals surface area contributed by atoms with Gasteiger partial charge in [-0.05, 0) is 33.3 Å². The van der Waals surface area contributed by atoms with E-state index in [2.05, 4.69) is 4.90 Å². The van der Waals surface area contributed by atoms with Crippen molar-refractivity contribution in [1.29, 1.82) is 0 Å². The van der Waals surface area contributed by atoms with Crippen molar-refractivity contribution < 1.29 is 5.11 Å². The lowest BCUT2D eigenvalue weighted by Gasteiger charge is -2.25. The van der Waals surface area contributed by atoms with Crippen LogP contribution in [0.2, 0.25) is 0 Å². The molecule has 1 rings (SSSR count). The molecule has 1 aromatic carbocycles. The summed E-state index contributed by atoms with van der Waals surface area (Å²) in [5.74, 6) is 0.375. The molecule has 0 aliphatic rings. The van der Waals surface area contributed by atoms with Gasteiger partial charge in [-0.25, -0.2) is 0 Å². The zero-order valence-electron chi connectivity index (χ0n) is 12.5. The minimum atomic E-state index is 0. The topological polar surface area (TPSA) is 23.5 Å². The van der Waals surface area contributed by atoms with Crippen LogP contribution in [0.25, 0.3) is 0 Å². The van der Waals surface area contributed by atoms with Crippen LogP contribution in [0.5, 0.6) is 5.75 Å². The Kier molecular flexibility index (Phi) is 8.92. The average molecular weight is 341 g/mol. The molecule has 0 radical (unpaired) electrons. The highest BCUT2D eigenvalue weighted by molar-refractivity contribution is 6.21. The van der Waals surface area contributed by atoms with Gasteiger partial charge in [0.25, 0.3) is 0 Å². The first-order chi connectivity index (χ1) is 8.79. The number of hydrogen-bond acceptors (Lipinski definition) is 2. The molecular weight excluding hydrogens is 317 g/mol. The molecule has 0 aromatic heterocycles. The molecule has 0 amide bonds. The highest BCUT2D eigenvalue weighted by Crippen LogP contribution is 2.25. The molecule has 1 N–H and O–H groups in total. The summed E-state index contributed by atoms with van der Waals surface area (Å²) in [6.07, 6.45) is 0. The van der Waals surface area contributed by atoms with Crippen molar-refractivity contribution in [2.24, 2.45) is 0 Å². The number of aryl methyl sites for hydroxylation is 2. The third-order valence-corrected chi connectivity index (χ3v) is 3.21. The second kappa shape index (κ2) is 8.99. The van der Waals surface area contributed by atoms with E-state index in [4.69, 9.17) is 23.2 Å². The number of halogens is 3. The van der Waals surface area contributed by atoms with Crippen LogP contribution in [-0.4, -0.2) is 33.9 Å². The Labute approximate surface area is 138 Å². The van der Waals surface area contributed by atoms with E-state index in [0.717, 1.165) is 29.8 Å². The summed E-state index contributed by atoms with van der Waals surface area (Å²) in [5.41, 5.74) is 3.00. The quantitative estimate of drug-likeness (QED) is 0.771. The SMILES string of the molecule is Cc1cc(C)c(O)c(CN(CC(C)Cl)CC(C)Cl)c1.Cl. The van der Waals surface area contributed by atoms with Gasteiger partial charge in [-0.2, -0.15) is 0 Å². The van der Waals surface area contributed by atoms with E-state index < -0.39 is 0 Å². The highest BCUT2D eigenvalue weighted by atomic mass is 35.5. The van der Waals surface area contributed by atoms with Gasteiger partial charge in [0.15, 0.2) is 0 Å².